The van der Waals surface area contributed by atoms with Gasteiger partial charge in [-0.3, -0.25) is 4.98 Å². The number of carbonyl (C=O) groups is 1. The maximum absolute atomic E-state index is 13.2. The highest BCUT2D eigenvalue weighted by Crippen LogP contribution is 2.31. The molecule has 1 aliphatic rings. The van der Waals surface area contributed by atoms with Gasteiger partial charge < -0.3 is 14.4 Å². The zero-order chi connectivity index (χ0) is 20.8. The summed E-state index contributed by atoms with van der Waals surface area (Å²) in [7, 11) is 0. The maximum atomic E-state index is 13.2. The van der Waals surface area contributed by atoms with Crippen LogP contribution in [0.4, 0.5) is 13.6 Å². The van der Waals surface area contributed by atoms with Crippen LogP contribution in [0.3, 0.4) is 0 Å². The van der Waals surface area contributed by atoms with Crippen LogP contribution in [-0.4, -0.2) is 41.8 Å². The second-order valence-electron chi connectivity index (χ2n) is 6.77. The summed E-state index contributed by atoms with van der Waals surface area (Å²) in [6.45, 7) is 3.13. The van der Waals surface area contributed by atoms with Gasteiger partial charge in [0.1, 0.15) is 6.10 Å². The van der Waals surface area contributed by atoms with E-state index >= 15 is 0 Å². The lowest BCUT2D eigenvalue weighted by molar-refractivity contribution is -0.0276. The number of pyridine rings is 1. The fraction of sp³-hybridized carbons (Fsp3) is 0.429. The molecule has 0 bridgehead atoms. The summed E-state index contributed by atoms with van der Waals surface area (Å²) in [4.78, 5) is 17.8. The molecule has 1 fully saturated rings. The molecule has 2 heterocycles. The predicted molar refractivity (Wildman–Crippen MR) is 105 cm³/mol. The second kappa shape index (κ2) is 9.98. The van der Waals surface area contributed by atoms with Gasteiger partial charge in [-0.2, -0.15) is 0 Å². The van der Waals surface area contributed by atoms with Crippen LogP contribution < -0.4 is 0 Å². The van der Waals surface area contributed by atoms with Gasteiger partial charge in [-0.25, -0.2) is 13.6 Å². The summed E-state index contributed by atoms with van der Waals surface area (Å²) in [5.74, 6) is 0. The Balaban J connectivity index is 1.77. The van der Waals surface area contributed by atoms with Crippen molar-refractivity contribution < 1.29 is 23.0 Å². The van der Waals surface area contributed by atoms with Gasteiger partial charge in [-0.1, -0.05) is 23.7 Å². The van der Waals surface area contributed by atoms with Crippen LogP contribution in [0.1, 0.15) is 49.1 Å². The molecule has 5 nitrogen and oxygen atoms in total. The van der Waals surface area contributed by atoms with Gasteiger partial charge >= 0.3 is 6.09 Å². The van der Waals surface area contributed by atoms with Gasteiger partial charge in [-0.15, -0.1) is 0 Å². The summed E-state index contributed by atoms with van der Waals surface area (Å²) < 4.78 is 37.7. The molecule has 1 atom stereocenters. The van der Waals surface area contributed by atoms with E-state index in [4.69, 9.17) is 21.1 Å². The molecule has 1 aromatic carbocycles. The topological polar surface area (TPSA) is 51.7 Å². The molecule has 1 aliphatic heterocycles. The lowest BCUT2D eigenvalue weighted by Crippen LogP contribution is -2.41. The van der Waals surface area contributed by atoms with Crippen molar-refractivity contribution in [1.29, 1.82) is 0 Å². The van der Waals surface area contributed by atoms with Crippen LogP contribution in [0.2, 0.25) is 5.02 Å². The molecule has 29 heavy (non-hydrogen) atoms. The molecule has 1 aromatic heterocycles. The minimum Gasteiger partial charge on any atom is -0.450 e. The number of piperidine rings is 1. The van der Waals surface area contributed by atoms with Gasteiger partial charge in [0.25, 0.3) is 6.43 Å². The summed E-state index contributed by atoms with van der Waals surface area (Å²) >= 11 is 5.99. The number of nitrogens with zero attached hydrogens (tertiary/aromatic N) is 2. The largest absolute Gasteiger partial charge is 0.450 e. The Bertz CT molecular complexity index is 812. The maximum Gasteiger partial charge on any atom is 0.409 e. The van der Waals surface area contributed by atoms with E-state index in [0.717, 1.165) is 5.56 Å². The van der Waals surface area contributed by atoms with Crippen molar-refractivity contribution in [1.82, 2.24) is 9.88 Å². The first-order valence-corrected chi connectivity index (χ1v) is 9.92. The first kappa shape index (κ1) is 21.5. The smallest absolute Gasteiger partial charge is 0.409 e. The Morgan fingerprint density at radius 1 is 1.21 bits per heavy atom. The van der Waals surface area contributed by atoms with Gasteiger partial charge in [0.2, 0.25) is 0 Å². The van der Waals surface area contributed by atoms with Crippen LogP contribution in [0.5, 0.6) is 0 Å². The van der Waals surface area contributed by atoms with Crippen molar-refractivity contribution >= 4 is 17.7 Å². The number of hydrogen-bond donors (Lipinski definition) is 0. The summed E-state index contributed by atoms with van der Waals surface area (Å²) in [5, 5.41) is 0.574. The zero-order valence-electron chi connectivity index (χ0n) is 16.1. The van der Waals surface area contributed by atoms with E-state index in [0.29, 0.717) is 43.3 Å². The number of carbonyl (C=O) groups excluding carboxylic acids is 1. The standard InChI is InChI=1S/C21H23ClF2N2O3/c1-2-28-21(27)26-11-8-17(9-12-26)29-19(14-3-5-16(22)6-4-14)18-13-15(20(23)24)7-10-25-18/h3-7,10,13,17,19-20H,2,8-9,11-12H2,1H3. The Morgan fingerprint density at radius 3 is 2.52 bits per heavy atom. The highest BCUT2D eigenvalue weighted by molar-refractivity contribution is 6.30. The fourth-order valence-electron chi connectivity index (χ4n) is 3.28. The van der Waals surface area contributed by atoms with Crippen molar-refractivity contribution in [3.05, 3.63) is 64.4 Å². The van der Waals surface area contributed by atoms with E-state index in [-0.39, 0.29) is 17.8 Å². The number of hydrogen-bond acceptors (Lipinski definition) is 4. The number of benzene rings is 1. The number of aromatic nitrogens is 1. The lowest BCUT2D eigenvalue weighted by Gasteiger charge is -2.33. The van der Waals surface area contributed by atoms with Crippen molar-refractivity contribution in [2.75, 3.05) is 19.7 Å². The Morgan fingerprint density at radius 2 is 1.90 bits per heavy atom. The van der Waals surface area contributed by atoms with Crippen molar-refractivity contribution in [3.63, 3.8) is 0 Å². The van der Waals surface area contributed by atoms with Crippen LogP contribution in [0.15, 0.2) is 42.6 Å². The van der Waals surface area contributed by atoms with E-state index in [9.17, 15) is 13.6 Å². The van der Waals surface area contributed by atoms with E-state index in [1.54, 1.807) is 36.1 Å². The highest BCUT2D eigenvalue weighted by Gasteiger charge is 2.28. The SMILES string of the molecule is CCOC(=O)N1CCC(OC(c2ccc(Cl)cc2)c2cc(C(F)F)ccn2)CC1. The van der Waals surface area contributed by atoms with Crippen LogP contribution in [0.25, 0.3) is 0 Å². The Kier molecular flexibility index (Phi) is 7.39. The van der Waals surface area contributed by atoms with Gasteiger partial charge in [0.05, 0.1) is 18.4 Å². The average Bonchev–Trinajstić information content (AvgIpc) is 2.73. The van der Waals surface area contributed by atoms with E-state index < -0.39 is 12.5 Å². The molecule has 1 saturated heterocycles. The quantitative estimate of drug-likeness (QED) is 0.623. The molecule has 0 spiro atoms. The first-order chi connectivity index (χ1) is 14.0. The molecule has 156 valence electrons. The Labute approximate surface area is 173 Å². The molecule has 8 heteroatoms. The normalized spacial score (nSPS) is 16.1. The zero-order valence-corrected chi connectivity index (χ0v) is 16.8. The van der Waals surface area contributed by atoms with Crippen LogP contribution >= 0.6 is 11.6 Å². The third-order valence-corrected chi connectivity index (χ3v) is 5.05. The predicted octanol–water partition coefficient (Wildman–Crippen LogP) is 5.40. The second-order valence-corrected chi connectivity index (χ2v) is 7.20. The minimum atomic E-state index is -2.59. The molecule has 3 rings (SSSR count). The van der Waals surface area contributed by atoms with E-state index in [1.165, 1.54) is 18.3 Å². The number of likely N-dealkylation sites (tertiary alicyclic amines) is 1. The summed E-state index contributed by atoms with van der Waals surface area (Å²) in [5.41, 5.74) is 1.09. The van der Waals surface area contributed by atoms with Crippen LogP contribution in [0, 0.1) is 0 Å². The molecule has 2 aromatic rings. The molecule has 0 saturated carbocycles. The Hall–Kier alpha value is -2.25. The summed E-state index contributed by atoms with van der Waals surface area (Å²) in [6.07, 6.45) is -1.05. The van der Waals surface area contributed by atoms with Gasteiger partial charge in [-0.05, 0) is 49.6 Å². The van der Waals surface area contributed by atoms with Crippen molar-refractivity contribution in [2.45, 2.75) is 38.4 Å². The molecule has 0 N–H and O–H groups in total. The molecule has 1 amide bonds. The van der Waals surface area contributed by atoms with Crippen molar-refractivity contribution in [3.8, 4) is 0 Å². The highest BCUT2D eigenvalue weighted by atomic mass is 35.5. The third-order valence-electron chi connectivity index (χ3n) is 4.80. The van der Waals surface area contributed by atoms with Gasteiger partial charge in [0, 0.05) is 29.9 Å². The number of halogens is 3. The number of amides is 1. The average molecular weight is 425 g/mol. The lowest BCUT2D eigenvalue weighted by atomic mass is 10.0. The number of ether oxygens (including phenoxy) is 2. The molecule has 0 aliphatic carbocycles. The monoisotopic (exact) mass is 424 g/mol. The minimum absolute atomic E-state index is 0.102. The first-order valence-electron chi connectivity index (χ1n) is 9.54. The van der Waals surface area contributed by atoms with Crippen molar-refractivity contribution in [2.24, 2.45) is 0 Å². The molecule has 0 radical (unpaired) electrons. The van der Waals surface area contributed by atoms with E-state index in [1.807, 2.05) is 0 Å². The summed E-state index contributed by atoms with van der Waals surface area (Å²) in [6, 6.07) is 9.73. The van der Waals surface area contributed by atoms with Crippen LogP contribution in [-0.2, 0) is 9.47 Å². The van der Waals surface area contributed by atoms with E-state index in [2.05, 4.69) is 4.98 Å². The molecule has 1 unspecified atom stereocenters. The molecular weight excluding hydrogens is 402 g/mol. The molecular formula is C21H23ClF2N2O3. The third kappa shape index (κ3) is 5.64. The number of alkyl halides is 2. The fourth-order valence-corrected chi connectivity index (χ4v) is 3.41. The van der Waals surface area contributed by atoms with Gasteiger partial charge in [0.15, 0.2) is 0 Å². The number of rotatable bonds is 6.